The number of methoxy groups -OCH3 is 2. The Hall–Kier alpha value is -2.05. The van der Waals surface area contributed by atoms with Crippen molar-refractivity contribution < 1.29 is 19.4 Å². The van der Waals surface area contributed by atoms with Crippen molar-refractivity contribution >= 4 is 21.9 Å². The van der Waals surface area contributed by atoms with Crippen molar-refractivity contribution in [2.75, 3.05) is 20.8 Å². The van der Waals surface area contributed by atoms with E-state index in [1.807, 2.05) is 42.5 Å². The third-order valence-electron chi connectivity index (χ3n) is 5.08. The molecule has 1 fully saturated rings. The van der Waals surface area contributed by atoms with Gasteiger partial charge in [0.05, 0.1) is 20.3 Å². The second kappa shape index (κ2) is 8.76. The van der Waals surface area contributed by atoms with E-state index in [1.165, 1.54) is 0 Å². The summed E-state index contributed by atoms with van der Waals surface area (Å²) >= 11 is 3.48. The van der Waals surface area contributed by atoms with Crippen LogP contribution in [0.3, 0.4) is 0 Å². The number of benzene rings is 2. The number of ether oxygens (including phenoxy) is 2. The second-order valence-corrected chi connectivity index (χ2v) is 7.57. The van der Waals surface area contributed by atoms with Gasteiger partial charge in [0.25, 0.3) is 0 Å². The monoisotopic (exact) mass is 433 g/mol. The first-order chi connectivity index (χ1) is 13.0. The molecule has 3 rings (SSSR count). The summed E-state index contributed by atoms with van der Waals surface area (Å²) < 4.78 is 12.0. The van der Waals surface area contributed by atoms with Crippen LogP contribution in [0, 0.1) is 0 Å². The van der Waals surface area contributed by atoms with Gasteiger partial charge >= 0.3 is 5.97 Å². The van der Waals surface area contributed by atoms with Crippen molar-refractivity contribution in [3.63, 3.8) is 0 Å². The molecule has 0 bridgehead atoms. The number of piperidine rings is 1. The van der Waals surface area contributed by atoms with Crippen molar-refractivity contribution in [3.8, 4) is 11.5 Å². The zero-order chi connectivity index (χ0) is 19.4. The molecular weight excluding hydrogens is 410 g/mol. The molecule has 6 heteroatoms. The molecule has 27 heavy (non-hydrogen) atoms. The molecule has 0 amide bonds. The molecule has 1 heterocycles. The summed E-state index contributed by atoms with van der Waals surface area (Å²) in [6.45, 7) is 0.720. The van der Waals surface area contributed by atoms with Crippen molar-refractivity contribution in [1.29, 1.82) is 0 Å². The van der Waals surface area contributed by atoms with Gasteiger partial charge in [-0.15, -0.1) is 0 Å². The highest BCUT2D eigenvalue weighted by molar-refractivity contribution is 9.10. The normalized spacial score (nSPS) is 18.7. The molecule has 2 unspecified atom stereocenters. The van der Waals surface area contributed by atoms with E-state index in [0.717, 1.165) is 46.5 Å². The molecule has 5 nitrogen and oxygen atoms in total. The van der Waals surface area contributed by atoms with E-state index in [1.54, 1.807) is 14.2 Å². The predicted octanol–water partition coefficient (Wildman–Crippen LogP) is 4.49. The fourth-order valence-electron chi connectivity index (χ4n) is 3.78. The highest BCUT2D eigenvalue weighted by atomic mass is 79.9. The molecule has 1 saturated heterocycles. The molecule has 0 spiro atoms. The predicted molar refractivity (Wildman–Crippen MR) is 108 cm³/mol. The first-order valence-electron chi connectivity index (χ1n) is 9.01. The van der Waals surface area contributed by atoms with E-state index in [2.05, 4.69) is 20.8 Å². The Morgan fingerprint density at radius 1 is 1.15 bits per heavy atom. The van der Waals surface area contributed by atoms with Gasteiger partial charge in [0, 0.05) is 10.0 Å². The van der Waals surface area contributed by atoms with Crippen LogP contribution < -0.4 is 9.47 Å². The van der Waals surface area contributed by atoms with Crippen molar-refractivity contribution in [2.24, 2.45) is 0 Å². The largest absolute Gasteiger partial charge is 0.497 e. The van der Waals surface area contributed by atoms with Crippen LogP contribution >= 0.6 is 15.9 Å². The molecule has 0 aromatic heterocycles. The second-order valence-electron chi connectivity index (χ2n) is 6.65. The fraction of sp³-hybridized carbons (Fsp3) is 0.381. The third-order valence-corrected chi connectivity index (χ3v) is 5.61. The molecule has 2 aromatic carbocycles. The quantitative estimate of drug-likeness (QED) is 0.726. The van der Waals surface area contributed by atoms with Crippen LogP contribution in [0.5, 0.6) is 11.5 Å². The molecule has 1 N–H and O–H groups in total. The molecule has 2 atom stereocenters. The standard InChI is InChI=1S/C21H24BrNO4/c1-26-16-10-11-19(27-2)17(13-16)20(14-6-8-15(22)9-7-14)23-12-4-3-5-18(23)21(24)25/h6-11,13,18,20H,3-5,12H2,1-2H3,(H,24,25). The highest BCUT2D eigenvalue weighted by Gasteiger charge is 2.36. The minimum Gasteiger partial charge on any atom is -0.497 e. The van der Waals surface area contributed by atoms with Crippen molar-refractivity contribution in [2.45, 2.75) is 31.3 Å². The zero-order valence-electron chi connectivity index (χ0n) is 15.5. The van der Waals surface area contributed by atoms with Crippen LogP contribution in [-0.4, -0.2) is 42.8 Å². The maximum Gasteiger partial charge on any atom is 0.320 e. The van der Waals surface area contributed by atoms with Gasteiger partial charge in [0.1, 0.15) is 17.5 Å². The summed E-state index contributed by atoms with van der Waals surface area (Å²) in [7, 11) is 3.26. The number of carboxylic acids is 1. The average Bonchev–Trinajstić information content (AvgIpc) is 2.69. The highest BCUT2D eigenvalue weighted by Crippen LogP contribution is 2.40. The topological polar surface area (TPSA) is 59.0 Å². The SMILES string of the molecule is COc1ccc(OC)c(C(c2ccc(Br)cc2)N2CCCCC2C(=O)O)c1. The number of carboxylic acid groups (broad SMARTS) is 1. The summed E-state index contributed by atoms with van der Waals surface area (Å²) in [4.78, 5) is 14.0. The molecule has 1 aliphatic heterocycles. The van der Waals surface area contributed by atoms with E-state index >= 15 is 0 Å². The smallest absolute Gasteiger partial charge is 0.320 e. The molecular formula is C21H24BrNO4. The number of likely N-dealkylation sites (tertiary alicyclic amines) is 1. The van der Waals surface area contributed by atoms with Gasteiger partial charge < -0.3 is 14.6 Å². The van der Waals surface area contributed by atoms with Crippen LogP contribution in [0.2, 0.25) is 0 Å². The Labute approximate surface area is 168 Å². The zero-order valence-corrected chi connectivity index (χ0v) is 17.1. The van der Waals surface area contributed by atoms with Crippen molar-refractivity contribution in [3.05, 3.63) is 58.1 Å². The van der Waals surface area contributed by atoms with Crippen LogP contribution in [0.1, 0.15) is 36.4 Å². The van der Waals surface area contributed by atoms with Gasteiger partial charge in [0.15, 0.2) is 0 Å². The Balaban J connectivity index is 2.16. The number of aliphatic carboxylic acids is 1. The molecule has 1 aliphatic rings. The van der Waals surface area contributed by atoms with Gasteiger partial charge in [-0.25, -0.2) is 0 Å². The van der Waals surface area contributed by atoms with Crippen LogP contribution in [-0.2, 0) is 4.79 Å². The van der Waals surface area contributed by atoms with Crippen molar-refractivity contribution in [1.82, 2.24) is 4.90 Å². The van der Waals surface area contributed by atoms with Gasteiger partial charge in [0.2, 0.25) is 0 Å². The fourth-order valence-corrected chi connectivity index (χ4v) is 4.04. The minimum atomic E-state index is -0.779. The maximum absolute atomic E-state index is 12.0. The van der Waals surface area contributed by atoms with E-state index in [9.17, 15) is 9.90 Å². The molecule has 0 radical (unpaired) electrons. The van der Waals surface area contributed by atoms with Crippen LogP contribution in [0.25, 0.3) is 0 Å². The van der Waals surface area contributed by atoms with Gasteiger partial charge in [-0.3, -0.25) is 9.69 Å². The summed E-state index contributed by atoms with van der Waals surface area (Å²) in [5, 5.41) is 9.82. The lowest BCUT2D eigenvalue weighted by Gasteiger charge is -2.40. The minimum absolute atomic E-state index is 0.232. The number of rotatable bonds is 6. The lowest BCUT2D eigenvalue weighted by Crippen LogP contribution is -2.46. The summed E-state index contributed by atoms with van der Waals surface area (Å²) in [6.07, 6.45) is 2.55. The lowest BCUT2D eigenvalue weighted by atomic mass is 9.91. The summed E-state index contributed by atoms with van der Waals surface area (Å²) in [5.41, 5.74) is 1.94. The molecule has 144 valence electrons. The Kier molecular flexibility index (Phi) is 6.39. The van der Waals surface area contributed by atoms with Gasteiger partial charge in [-0.05, 0) is 55.3 Å². The van der Waals surface area contributed by atoms with Crippen LogP contribution in [0.15, 0.2) is 46.9 Å². The van der Waals surface area contributed by atoms with Gasteiger partial charge in [-0.1, -0.05) is 34.5 Å². The van der Waals surface area contributed by atoms with Crippen LogP contribution in [0.4, 0.5) is 0 Å². The summed E-state index contributed by atoms with van der Waals surface area (Å²) in [5.74, 6) is 0.661. The number of nitrogens with zero attached hydrogens (tertiary/aromatic N) is 1. The van der Waals surface area contributed by atoms with E-state index in [-0.39, 0.29) is 6.04 Å². The molecule has 0 saturated carbocycles. The molecule has 2 aromatic rings. The summed E-state index contributed by atoms with van der Waals surface area (Å²) in [6, 6.07) is 12.9. The molecule has 0 aliphatic carbocycles. The Bertz CT molecular complexity index is 793. The number of hydrogen-bond donors (Lipinski definition) is 1. The number of halogens is 1. The van der Waals surface area contributed by atoms with E-state index in [0.29, 0.717) is 6.42 Å². The lowest BCUT2D eigenvalue weighted by molar-refractivity contribution is -0.145. The van der Waals surface area contributed by atoms with E-state index in [4.69, 9.17) is 9.47 Å². The Morgan fingerprint density at radius 2 is 1.89 bits per heavy atom. The third kappa shape index (κ3) is 4.28. The maximum atomic E-state index is 12.0. The number of hydrogen-bond acceptors (Lipinski definition) is 4. The first kappa shape index (κ1) is 19.7. The Morgan fingerprint density at radius 3 is 2.52 bits per heavy atom. The van der Waals surface area contributed by atoms with Gasteiger partial charge in [-0.2, -0.15) is 0 Å². The first-order valence-corrected chi connectivity index (χ1v) is 9.80. The number of carbonyl (C=O) groups is 1. The average molecular weight is 434 g/mol. The van der Waals surface area contributed by atoms with E-state index < -0.39 is 12.0 Å².